The van der Waals surface area contributed by atoms with E-state index in [0.717, 1.165) is 5.52 Å². The van der Waals surface area contributed by atoms with Gasteiger partial charge in [-0.15, -0.1) is 0 Å². The highest BCUT2D eigenvalue weighted by molar-refractivity contribution is 6.14. The average Bonchev–Trinajstić information content (AvgIpc) is 3.37. The quantitative estimate of drug-likeness (QED) is 0.210. The van der Waals surface area contributed by atoms with Crippen molar-refractivity contribution in [2.75, 3.05) is 0 Å². The van der Waals surface area contributed by atoms with Crippen molar-refractivity contribution >= 4 is 32.7 Å². The minimum atomic E-state index is 1.01. The van der Waals surface area contributed by atoms with E-state index in [4.69, 9.17) is 4.98 Å². The summed E-state index contributed by atoms with van der Waals surface area (Å²) >= 11 is 0. The van der Waals surface area contributed by atoms with Gasteiger partial charge in [0, 0.05) is 27.9 Å². The van der Waals surface area contributed by atoms with E-state index in [2.05, 4.69) is 138 Å². The predicted octanol–water partition coefficient (Wildman–Crippen LogP) is 10.3. The van der Waals surface area contributed by atoms with E-state index >= 15 is 0 Å². The lowest BCUT2D eigenvalue weighted by atomic mass is 9.79. The second-order valence-corrected chi connectivity index (χ2v) is 10.7. The molecule has 0 spiro atoms. The molecular weight excluding hydrogens is 496 g/mol. The summed E-state index contributed by atoms with van der Waals surface area (Å²) in [5, 5.41) is 3.70. The van der Waals surface area contributed by atoms with E-state index < -0.39 is 0 Å². The molecule has 0 N–H and O–H groups in total. The lowest BCUT2D eigenvalue weighted by molar-refractivity contribution is 1.18. The van der Waals surface area contributed by atoms with Gasteiger partial charge in [-0.3, -0.25) is 4.98 Å². The van der Waals surface area contributed by atoms with Crippen LogP contribution in [0.4, 0.5) is 0 Å². The lowest BCUT2D eigenvalue weighted by Crippen LogP contribution is -2.03. The first kappa shape index (κ1) is 22.4. The Kier molecular flexibility index (Phi) is 4.64. The molecule has 0 amide bonds. The molecule has 2 heterocycles. The van der Waals surface area contributed by atoms with Gasteiger partial charge in [0.2, 0.25) is 0 Å². The zero-order valence-corrected chi connectivity index (χ0v) is 22.3. The Bertz CT molecular complexity index is 2270. The number of aromatic nitrogens is 2. The highest BCUT2D eigenvalue weighted by Gasteiger charge is 2.26. The van der Waals surface area contributed by atoms with Crippen LogP contribution < -0.4 is 0 Å². The van der Waals surface area contributed by atoms with Crippen LogP contribution in [0.1, 0.15) is 0 Å². The van der Waals surface area contributed by atoms with Gasteiger partial charge in [-0.25, -0.2) is 0 Å². The second kappa shape index (κ2) is 8.51. The molecule has 6 aromatic carbocycles. The van der Waals surface area contributed by atoms with Crippen molar-refractivity contribution in [3.8, 4) is 50.2 Å². The van der Waals surface area contributed by atoms with Crippen LogP contribution in [0.2, 0.25) is 0 Å². The van der Waals surface area contributed by atoms with Gasteiger partial charge in [0.05, 0.1) is 22.2 Å². The van der Waals surface area contributed by atoms with Crippen molar-refractivity contribution in [2.24, 2.45) is 0 Å². The Morgan fingerprint density at radius 3 is 1.61 bits per heavy atom. The maximum atomic E-state index is 4.74. The first-order chi connectivity index (χ1) is 20.4. The van der Waals surface area contributed by atoms with Crippen LogP contribution in [0.3, 0.4) is 0 Å². The van der Waals surface area contributed by atoms with Crippen molar-refractivity contribution in [1.29, 1.82) is 0 Å². The van der Waals surface area contributed by atoms with Crippen molar-refractivity contribution in [1.82, 2.24) is 9.55 Å². The molecule has 1 aliphatic carbocycles. The summed E-state index contributed by atoms with van der Waals surface area (Å²) in [5.74, 6) is 0. The van der Waals surface area contributed by atoms with Crippen molar-refractivity contribution in [2.45, 2.75) is 0 Å². The Balaban J connectivity index is 1.51. The molecule has 0 saturated heterocycles. The molecule has 0 radical (unpaired) electrons. The van der Waals surface area contributed by atoms with E-state index in [-0.39, 0.29) is 0 Å². The number of benzene rings is 6. The van der Waals surface area contributed by atoms with E-state index in [1.165, 1.54) is 77.4 Å². The number of rotatable bonds is 1. The molecule has 0 fully saturated rings. The number of fused-ring (bicyclic) bond motifs is 13. The van der Waals surface area contributed by atoms with Gasteiger partial charge >= 0.3 is 0 Å². The fourth-order valence-electron chi connectivity index (χ4n) is 6.96. The van der Waals surface area contributed by atoms with E-state index in [9.17, 15) is 0 Å². The van der Waals surface area contributed by atoms with Crippen molar-refractivity contribution in [3.05, 3.63) is 146 Å². The molecule has 2 nitrogen and oxygen atoms in total. The van der Waals surface area contributed by atoms with Crippen molar-refractivity contribution in [3.63, 3.8) is 0 Å². The van der Waals surface area contributed by atoms with Gasteiger partial charge in [-0.1, -0.05) is 109 Å². The zero-order valence-electron chi connectivity index (χ0n) is 22.3. The molecule has 2 aromatic heterocycles. The number of para-hydroxylation sites is 2. The van der Waals surface area contributed by atoms with Gasteiger partial charge in [0.1, 0.15) is 0 Å². The molecular formula is C39H24N2. The van der Waals surface area contributed by atoms with Crippen LogP contribution in [0, 0.1) is 0 Å². The smallest absolute Gasteiger partial charge is 0.0708 e. The SMILES string of the molecule is c1ccc2c(c1)-c1ccccc1-c1c(ccc3ncccc13)-c1cccc(-n3c4ccccc4c4ccccc43)c1-2. The second-order valence-electron chi connectivity index (χ2n) is 10.7. The summed E-state index contributed by atoms with van der Waals surface area (Å²) in [6.45, 7) is 0. The van der Waals surface area contributed by atoms with Crippen LogP contribution in [0.5, 0.6) is 0 Å². The highest BCUT2D eigenvalue weighted by atomic mass is 15.0. The average molecular weight is 521 g/mol. The minimum absolute atomic E-state index is 1.01. The molecule has 2 heteroatoms. The molecule has 9 rings (SSSR count). The van der Waals surface area contributed by atoms with E-state index in [1.807, 2.05) is 12.3 Å². The third kappa shape index (κ3) is 3.10. The summed E-state index contributed by atoms with van der Waals surface area (Å²) in [7, 11) is 0. The molecule has 0 saturated carbocycles. The molecule has 1 aliphatic rings. The lowest BCUT2D eigenvalue weighted by Gasteiger charge is -2.26. The number of hydrogen-bond donors (Lipinski definition) is 0. The zero-order chi connectivity index (χ0) is 26.9. The normalized spacial score (nSPS) is 11.9. The van der Waals surface area contributed by atoms with Gasteiger partial charge in [-0.2, -0.15) is 0 Å². The summed E-state index contributed by atoms with van der Waals surface area (Å²) in [4.78, 5) is 4.74. The first-order valence-electron chi connectivity index (χ1n) is 14.1. The van der Waals surface area contributed by atoms with Gasteiger partial charge < -0.3 is 4.57 Å². The minimum Gasteiger partial charge on any atom is -0.309 e. The van der Waals surface area contributed by atoms with Crippen LogP contribution in [0.25, 0.3) is 82.9 Å². The Morgan fingerprint density at radius 2 is 0.902 bits per heavy atom. The van der Waals surface area contributed by atoms with Gasteiger partial charge in [0.25, 0.3) is 0 Å². The van der Waals surface area contributed by atoms with E-state index in [1.54, 1.807) is 0 Å². The Hall–Kier alpha value is -5.47. The summed E-state index contributed by atoms with van der Waals surface area (Å²) in [6, 6.07) is 50.7. The molecule has 8 aromatic rings. The molecule has 0 aliphatic heterocycles. The Labute approximate surface area is 237 Å². The molecule has 0 unspecified atom stereocenters. The fourth-order valence-corrected chi connectivity index (χ4v) is 6.96. The largest absolute Gasteiger partial charge is 0.309 e. The summed E-state index contributed by atoms with van der Waals surface area (Å²) in [6.07, 6.45) is 1.88. The maximum Gasteiger partial charge on any atom is 0.0708 e. The molecule has 0 atom stereocenters. The number of nitrogens with zero attached hydrogens (tertiary/aromatic N) is 2. The maximum absolute atomic E-state index is 4.74. The van der Waals surface area contributed by atoms with E-state index in [0.29, 0.717) is 0 Å². The van der Waals surface area contributed by atoms with Crippen LogP contribution in [-0.2, 0) is 0 Å². The number of hydrogen-bond acceptors (Lipinski definition) is 1. The topological polar surface area (TPSA) is 17.8 Å². The molecule has 190 valence electrons. The monoisotopic (exact) mass is 520 g/mol. The van der Waals surface area contributed by atoms with Crippen LogP contribution in [-0.4, -0.2) is 9.55 Å². The van der Waals surface area contributed by atoms with Crippen LogP contribution >= 0.6 is 0 Å². The fraction of sp³-hybridized carbons (Fsp3) is 0. The molecule has 0 bridgehead atoms. The summed E-state index contributed by atoms with van der Waals surface area (Å²) < 4.78 is 2.45. The highest BCUT2D eigenvalue weighted by Crippen LogP contribution is 2.51. The van der Waals surface area contributed by atoms with Gasteiger partial charge in [0.15, 0.2) is 0 Å². The standard InChI is InChI=1S/C39H24N2/c1-3-15-29-25(11-1)26-12-2-4-16-30(26)39-31(32-22-23-34-33(38(29)32)18-10-24-40-34)17-9-21-37(39)41-35-19-7-5-13-27(35)28-14-6-8-20-36(28)41/h1-24H. The third-order valence-electron chi connectivity index (χ3n) is 8.62. The summed E-state index contributed by atoms with van der Waals surface area (Å²) in [5.41, 5.74) is 14.5. The van der Waals surface area contributed by atoms with Crippen LogP contribution in [0.15, 0.2) is 146 Å². The molecule has 41 heavy (non-hydrogen) atoms. The van der Waals surface area contributed by atoms with Crippen molar-refractivity contribution < 1.29 is 0 Å². The third-order valence-corrected chi connectivity index (χ3v) is 8.62. The predicted molar refractivity (Wildman–Crippen MR) is 171 cm³/mol. The van der Waals surface area contributed by atoms with Gasteiger partial charge in [-0.05, 0) is 69.3 Å². The number of pyridine rings is 1. The Morgan fingerprint density at radius 1 is 0.366 bits per heavy atom. The first-order valence-corrected chi connectivity index (χ1v) is 14.1.